The second kappa shape index (κ2) is 6.56. The molecule has 0 bridgehead atoms. The molecule has 8 heteroatoms. The van der Waals surface area contributed by atoms with Crippen LogP contribution in [-0.2, 0) is 26.2 Å². The predicted molar refractivity (Wildman–Crippen MR) is 87.5 cm³/mol. The van der Waals surface area contributed by atoms with Crippen LogP contribution in [0.4, 0.5) is 0 Å². The fraction of sp³-hybridized carbons (Fsp3) is 0.353. The molecular formula is C17H19N5O3. The highest BCUT2D eigenvalue weighted by molar-refractivity contribution is 5.91. The van der Waals surface area contributed by atoms with Crippen molar-refractivity contribution in [2.75, 3.05) is 6.54 Å². The molecule has 1 aliphatic heterocycles. The van der Waals surface area contributed by atoms with Gasteiger partial charge in [0.1, 0.15) is 5.76 Å². The topological polar surface area (TPSA) is 89.3 Å². The average Bonchev–Trinajstić information content (AvgIpc) is 3.34. The van der Waals surface area contributed by atoms with E-state index in [0.717, 1.165) is 18.7 Å². The molecule has 8 nitrogen and oxygen atoms in total. The van der Waals surface area contributed by atoms with Gasteiger partial charge in [-0.05, 0) is 24.6 Å². The summed E-state index contributed by atoms with van der Waals surface area (Å²) in [5.74, 6) is 0.923. The number of aromatic nitrogens is 4. The molecule has 1 aliphatic rings. The zero-order valence-electron chi connectivity index (χ0n) is 13.7. The first-order chi connectivity index (χ1) is 12.2. The van der Waals surface area contributed by atoms with Crippen LogP contribution in [-0.4, -0.2) is 41.8 Å². The van der Waals surface area contributed by atoms with Gasteiger partial charge in [0.15, 0.2) is 5.76 Å². The SMILES string of the molecule is O=C(c1ccc(Cn2ccnc2)o1)N1CCCn2nc(CO)cc2C1. The van der Waals surface area contributed by atoms with Crippen LogP contribution in [0.3, 0.4) is 0 Å². The Morgan fingerprint density at radius 1 is 1.32 bits per heavy atom. The van der Waals surface area contributed by atoms with Crippen molar-refractivity contribution in [2.45, 2.75) is 32.7 Å². The number of hydrogen-bond donors (Lipinski definition) is 1. The maximum absolute atomic E-state index is 12.8. The lowest BCUT2D eigenvalue weighted by Gasteiger charge is -2.18. The third-order valence-electron chi connectivity index (χ3n) is 4.28. The largest absolute Gasteiger partial charge is 0.454 e. The van der Waals surface area contributed by atoms with Crippen molar-refractivity contribution < 1.29 is 14.3 Å². The van der Waals surface area contributed by atoms with Crippen molar-refractivity contribution in [1.82, 2.24) is 24.2 Å². The third kappa shape index (κ3) is 3.20. The summed E-state index contributed by atoms with van der Waals surface area (Å²) in [7, 11) is 0. The summed E-state index contributed by atoms with van der Waals surface area (Å²) in [6, 6.07) is 5.38. The number of rotatable bonds is 4. The van der Waals surface area contributed by atoms with E-state index in [-0.39, 0.29) is 12.5 Å². The lowest BCUT2D eigenvalue weighted by molar-refractivity contribution is 0.0711. The van der Waals surface area contributed by atoms with Crippen molar-refractivity contribution in [1.29, 1.82) is 0 Å². The fourth-order valence-electron chi connectivity index (χ4n) is 3.07. The van der Waals surface area contributed by atoms with Gasteiger partial charge in [-0.3, -0.25) is 9.48 Å². The van der Waals surface area contributed by atoms with Crippen LogP contribution in [0.25, 0.3) is 0 Å². The van der Waals surface area contributed by atoms with E-state index < -0.39 is 0 Å². The predicted octanol–water partition coefficient (Wildman–Crippen LogP) is 1.26. The second-order valence-corrected chi connectivity index (χ2v) is 6.09. The average molecular weight is 341 g/mol. The number of fused-ring (bicyclic) bond motifs is 1. The summed E-state index contributed by atoms with van der Waals surface area (Å²) < 4.78 is 9.47. The Morgan fingerprint density at radius 2 is 2.24 bits per heavy atom. The number of carbonyl (C=O) groups is 1. The standard InChI is InChI=1S/C17H19N5O3/c23-11-13-8-14-9-21(5-1-6-22(14)19-13)17(24)16-3-2-15(25-16)10-20-7-4-18-12-20/h2-4,7-8,12,23H,1,5-6,9-11H2. The van der Waals surface area contributed by atoms with E-state index in [9.17, 15) is 9.90 Å². The lowest BCUT2D eigenvalue weighted by Crippen LogP contribution is -2.30. The van der Waals surface area contributed by atoms with E-state index in [2.05, 4.69) is 10.1 Å². The van der Waals surface area contributed by atoms with Gasteiger partial charge in [0.2, 0.25) is 0 Å². The minimum absolute atomic E-state index is 0.0935. The van der Waals surface area contributed by atoms with Gasteiger partial charge in [-0.1, -0.05) is 0 Å². The quantitative estimate of drug-likeness (QED) is 0.772. The Kier molecular flexibility index (Phi) is 4.10. The molecule has 130 valence electrons. The van der Waals surface area contributed by atoms with Gasteiger partial charge < -0.3 is 19.0 Å². The van der Waals surface area contributed by atoms with Gasteiger partial charge in [-0.15, -0.1) is 0 Å². The van der Waals surface area contributed by atoms with Crippen LogP contribution in [0.5, 0.6) is 0 Å². The fourth-order valence-corrected chi connectivity index (χ4v) is 3.07. The monoisotopic (exact) mass is 341 g/mol. The molecule has 4 rings (SSSR count). The summed E-state index contributed by atoms with van der Waals surface area (Å²) in [6.07, 6.45) is 6.07. The lowest BCUT2D eigenvalue weighted by atomic mass is 10.3. The van der Waals surface area contributed by atoms with Gasteiger partial charge in [0.05, 0.1) is 37.4 Å². The third-order valence-corrected chi connectivity index (χ3v) is 4.28. The van der Waals surface area contributed by atoms with E-state index in [4.69, 9.17) is 4.42 Å². The Bertz CT molecular complexity index is 865. The van der Waals surface area contributed by atoms with E-state index in [1.54, 1.807) is 23.5 Å². The smallest absolute Gasteiger partial charge is 0.289 e. The Hall–Kier alpha value is -2.87. The van der Waals surface area contributed by atoms with Gasteiger partial charge in [-0.25, -0.2) is 4.98 Å². The van der Waals surface area contributed by atoms with Crippen LogP contribution in [0, 0.1) is 0 Å². The molecule has 1 N–H and O–H groups in total. The molecule has 0 fully saturated rings. The van der Waals surface area contributed by atoms with E-state index in [0.29, 0.717) is 36.8 Å². The summed E-state index contributed by atoms with van der Waals surface area (Å²) in [5, 5.41) is 13.6. The minimum atomic E-state index is -0.128. The van der Waals surface area contributed by atoms with Gasteiger partial charge in [0.25, 0.3) is 5.91 Å². The molecule has 4 heterocycles. The van der Waals surface area contributed by atoms with Crippen molar-refractivity contribution in [3.05, 3.63) is 59.8 Å². The number of nitrogens with zero attached hydrogens (tertiary/aromatic N) is 5. The highest BCUT2D eigenvalue weighted by Gasteiger charge is 2.23. The molecule has 0 saturated carbocycles. The minimum Gasteiger partial charge on any atom is -0.454 e. The Balaban J connectivity index is 1.49. The molecule has 25 heavy (non-hydrogen) atoms. The van der Waals surface area contributed by atoms with Gasteiger partial charge >= 0.3 is 0 Å². The van der Waals surface area contributed by atoms with Crippen LogP contribution < -0.4 is 0 Å². The molecule has 0 unspecified atom stereocenters. The van der Waals surface area contributed by atoms with E-state index >= 15 is 0 Å². The van der Waals surface area contributed by atoms with Crippen LogP contribution in [0.15, 0.2) is 41.3 Å². The first kappa shape index (κ1) is 15.6. The molecular weight excluding hydrogens is 322 g/mol. The number of carbonyl (C=O) groups excluding carboxylic acids is 1. The number of aryl methyl sites for hydroxylation is 1. The molecule has 0 radical (unpaired) electrons. The van der Waals surface area contributed by atoms with Crippen molar-refractivity contribution in [3.63, 3.8) is 0 Å². The van der Waals surface area contributed by atoms with Crippen LogP contribution >= 0.6 is 0 Å². The molecule has 1 amide bonds. The molecule has 0 atom stereocenters. The maximum atomic E-state index is 12.8. The summed E-state index contributed by atoms with van der Waals surface area (Å²) >= 11 is 0. The number of hydrogen-bond acceptors (Lipinski definition) is 5. The molecule has 0 aliphatic carbocycles. The summed E-state index contributed by atoms with van der Waals surface area (Å²) in [4.78, 5) is 18.5. The maximum Gasteiger partial charge on any atom is 0.289 e. The molecule has 3 aromatic rings. The number of imidazole rings is 1. The van der Waals surface area contributed by atoms with Crippen molar-refractivity contribution in [2.24, 2.45) is 0 Å². The van der Waals surface area contributed by atoms with E-state index in [1.807, 2.05) is 27.6 Å². The zero-order valence-corrected chi connectivity index (χ0v) is 13.7. The Labute approximate surface area is 144 Å². The van der Waals surface area contributed by atoms with Gasteiger partial charge in [-0.2, -0.15) is 5.10 Å². The van der Waals surface area contributed by atoms with Crippen molar-refractivity contribution in [3.8, 4) is 0 Å². The number of aliphatic hydroxyl groups is 1. The Morgan fingerprint density at radius 3 is 3.04 bits per heavy atom. The van der Waals surface area contributed by atoms with Gasteiger partial charge in [0, 0.05) is 25.5 Å². The number of amides is 1. The number of aliphatic hydroxyl groups excluding tert-OH is 1. The summed E-state index contributed by atoms with van der Waals surface area (Å²) in [6.45, 7) is 2.30. The van der Waals surface area contributed by atoms with Crippen LogP contribution in [0.2, 0.25) is 0 Å². The highest BCUT2D eigenvalue weighted by Crippen LogP contribution is 2.18. The first-order valence-corrected chi connectivity index (χ1v) is 8.23. The normalized spacial score (nSPS) is 14.4. The molecule has 0 spiro atoms. The van der Waals surface area contributed by atoms with Crippen LogP contribution in [0.1, 0.15) is 34.1 Å². The van der Waals surface area contributed by atoms with Crippen molar-refractivity contribution >= 4 is 5.91 Å². The van der Waals surface area contributed by atoms with E-state index in [1.165, 1.54) is 0 Å². The molecule has 0 saturated heterocycles. The number of furan rings is 1. The zero-order chi connectivity index (χ0) is 17.2. The molecule has 0 aromatic carbocycles. The summed E-state index contributed by atoms with van der Waals surface area (Å²) in [5.41, 5.74) is 1.56. The second-order valence-electron chi connectivity index (χ2n) is 6.09. The highest BCUT2D eigenvalue weighted by atomic mass is 16.4. The first-order valence-electron chi connectivity index (χ1n) is 8.23. The molecule has 3 aromatic heterocycles.